The minimum atomic E-state index is 0.195. The van der Waals surface area contributed by atoms with Gasteiger partial charge in [0.25, 0.3) is 0 Å². The molecule has 0 saturated heterocycles. The standard InChI is InChI=1S/C16H25NO/c1-12(17-4)11-16(2,3)13-5-7-14(8-6-13)18-15-9-10-15/h5-8,12,15,17H,9-11H2,1-4H3. The first kappa shape index (κ1) is 13.4. The van der Waals surface area contributed by atoms with Crippen LogP contribution in [-0.2, 0) is 5.41 Å². The molecule has 2 nitrogen and oxygen atoms in total. The maximum absolute atomic E-state index is 5.78. The molecule has 0 amide bonds. The molecule has 2 rings (SSSR count). The van der Waals surface area contributed by atoms with E-state index in [-0.39, 0.29) is 5.41 Å². The molecule has 0 spiro atoms. The smallest absolute Gasteiger partial charge is 0.119 e. The van der Waals surface area contributed by atoms with Crippen molar-refractivity contribution in [3.05, 3.63) is 29.8 Å². The van der Waals surface area contributed by atoms with Gasteiger partial charge in [-0.15, -0.1) is 0 Å². The van der Waals surface area contributed by atoms with Crippen LogP contribution in [0.25, 0.3) is 0 Å². The van der Waals surface area contributed by atoms with Crippen LogP contribution in [0.15, 0.2) is 24.3 Å². The lowest BCUT2D eigenvalue weighted by molar-refractivity contribution is 0.303. The van der Waals surface area contributed by atoms with Crippen LogP contribution in [0.2, 0.25) is 0 Å². The van der Waals surface area contributed by atoms with Gasteiger partial charge in [-0.1, -0.05) is 26.0 Å². The minimum absolute atomic E-state index is 0.195. The molecule has 0 aliphatic heterocycles. The van der Waals surface area contributed by atoms with Crippen molar-refractivity contribution in [1.82, 2.24) is 5.32 Å². The fraction of sp³-hybridized carbons (Fsp3) is 0.625. The summed E-state index contributed by atoms with van der Waals surface area (Å²) in [6.45, 7) is 6.83. The second-order valence-corrected chi connectivity index (χ2v) is 6.12. The van der Waals surface area contributed by atoms with E-state index in [0.29, 0.717) is 12.1 Å². The van der Waals surface area contributed by atoms with Crippen molar-refractivity contribution < 1.29 is 4.74 Å². The summed E-state index contributed by atoms with van der Waals surface area (Å²) in [5.41, 5.74) is 1.58. The van der Waals surface area contributed by atoms with Crippen molar-refractivity contribution >= 4 is 0 Å². The third-order valence-electron chi connectivity index (χ3n) is 3.77. The first-order valence-corrected chi connectivity index (χ1v) is 6.96. The van der Waals surface area contributed by atoms with Gasteiger partial charge in [-0.3, -0.25) is 0 Å². The summed E-state index contributed by atoms with van der Waals surface area (Å²) >= 11 is 0. The SMILES string of the molecule is CNC(C)CC(C)(C)c1ccc(OC2CC2)cc1. The van der Waals surface area contributed by atoms with Gasteiger partial charge in [0, 0.05) is 6.04 Å². The van der Waals surface area contributed by atoms with Crippen LogP contribution in [0, 0.1) is 0 Å². The predicted octanol–water partition coefficient (Wildman–Crippen LogP) is 3.50. The summed E-state index contributed by atoms with van der Waals surface area (Å²) in [6, 6.07) is 9.17. The highest BCUT2D eigenvalue weighted by molar-refractivity contribution is 5.32. The molecule has 18 heavy (non-hydrogen) atoms. The van der Waals surface area contributed by atoms with Gasteiger partial charge in [-0.2, -0.15) is 0 Å². The molecular weight excluding hydrogens is 222 g/mol. The Kier molecular flexibility index (Phi) is 3.96. The Morgan fingerprint density at radius 2 is 1.89 bits per heavy atom. The molecule has 1 aliphatic carbocycles. The van der Waals surface area contributed by atoms with Crippen molar-refractivity contribution in [3.8, 4) is 5.75 Å². The monoisotopic (exact) mass is 247 g/mol. The van der Waals surface area contributed by atoms with E-state index >= 15 is 0 Å². The first-order chi connectivity index (χ1) is 8.51. The molecule has 1 saturated carbocycles. The highest BCUT2D eigenvalue weighted by atomic mass is 16.5. The molecule has 1 atom stereocenters. The van der Waals surface area contributed by atoms with E-state index in [4.69, 9.17) is 4.74 Å². The number of nitrogens with one attached hydrogen (secondary N) is 1. The average molecular weight is 247 g/mol. The molecule has 1 aromatic rings. The lowest BCUT2D eigenvalue weighted by Gasteiger charge is -2.28. The van der Waals surface area contributed by atoms with Crippen LogP contribution in [0.4, 0.5) is 0 Å². The van der Waals surface area contributed by atoms with Crippen LogP contribution in [0.3, 0.4) is 0 Å². The Labute approximate surface area is 111 Å². The van der Waals surface area contributed by atoms with Gasteiger partial charge in [0.2, 0.25) is 0 Å². The van der Waals surface area contributed by atoms with Gasteiger partial charge in [0.05, 0.1) is 6.10 Å². The average Bonchev–Trinajstić information content (AvgIpc) is 3.13. The summed E-state index contributed by atoms with van der Waals surface area (Å²) in [7, 11) is 2.02. The number of ether oxygens (including phenoxy) is 1. The largest absolute Gasteiger partial charge is 0.490 e. The molecule has 1 aromatic carbocycles. The van der Waals surface area contributed by atoms with E-state index < -0.39 is 0 Å². The van der Waals surface area contributed by atoms with Crippen molar-refractivity contribution in [3.63, 3.8) is 0 Å². The summed E-state index contributed by atoms with van der Waals surface area (Å²) in [5.74, 6) is 1.01. The molecule has 2 heteroatoms. The normalized spacial score (nSPS) is 17.6. The number of hydrogen-bond acceptors (Lipinski definition) is 2. The van der Waals surface area contributed by atoms with E-state index in [2.05, 4.69) is 50.4 Å². The van der Waals surface area contributed by atoms with Crippen molar-refractivity contribution in [2.75, 3.05) is 7.05 Å². The Morgan fingerprint density at radius 1 is 1.28 bits per heavy atom. The summed E-state index contributed by atoms with van der Waals surface area (Å²) in [4.78, 5) is 0. The quantitative estimate of drug-likeness (QED) is 0.830. The van der Waals surface area contributed by atoms with Crippen LogP contribution < -0.4 is 10.1 Å². The third-order valence-corrected chi connectivity index (χ3v) is 3.77. The van der Waals surface area contributed by atoms with Gasteiger partial charge in [-0.25, -0.2) is 0 Å². The molecule has 1 fully saturated rings. The number of hydrogen-bond donors (Lipinski definition) is 1. The van der Waals surface area contributed by atoms with Crippen molar-refractivity contribution in [2.45, 2.75) is 57.6 Å². The second kappa shape index (κ2) is 5.31. The molecule has 1 N–H and O–H groups in total. The van der Waals surface area contributed by atoms with Crippen LogP contribution in [0.1, 0.15) is 45.6 Å². The number of rotatable bonds is 6. The zero-order chi connectivity index (χ0) is 13.2. The third kappa shape index (κ3) is 3.49. The molecule has 0 heterocycles. The summed E-state index contributed by atoms with van der Waals surface area (Å²) in [5, 5.41) is 3.31. The van der Waals surface area contributed by atoms with E-state index in [1.54, 1.807) is 0 Å². The van der Waals surface area contributed by atoms with Gasteiger partial charge in [-0.05, 0) is 56.3 Å². The number of benzene rings is 1. The van der Waals surface area contributed by atoms with E-state index in [1.165, 1.54) is 18.4 Å². The molecule has 1 unspecified atom stereocenters. The second-order valence-electron chi connectivity index (χ2n) is 6.12. The molecule has 0 bridgehead atoms. The zero-order valence-corrected chi connectivity index (χ0v) is 12.0. The van der Waals surface area contributed by atoms with Crippen LogP contribution >= 0.6 is 0 Å². The van der Waals surface area contributed by atoms with Crippen molar-refractivity contribution in [2.24, 2.45) is 0 Å². The molecule has 0 radical (unpaired) electrons. The fourth-order valence-electron chi connectivity index (χ4n) is 2.35. The Balaban J connectivity index is 2.02. The van der Waals surface area contributed by atoms with Gasteiger partial charge in [0.1, 0.15) is 5.75 Å². The predicted molar refractivity (Wildman–Crippen MR) is 76.3 cm³/mol. The topological polar surface area (TPSA) is 21.3 Å². The molecular formula is C16H25NO. The lowest BCUT2D eigenvalue weighted by Crippen LogP contribution is -2.30. The van der Waals surface area contributed by atoms with E-state index in [0.717, 1.165) is 12.2 Å². The minimum Gasteiger partial charge on any atom is -0.490 e. The Morgan fingerprint density at radius 3 is 2.39 bits per heavy atom. The molecule has 100 valence electrons. The van der Waals surface area contributed by atoms with Crippen molar-refractivity contribution in [1.29, 1.82) is 0 Å². The molecule has 1 aliphatic rings. The van der Waals surface area contributed by atoms with E-state index in [9.17, 15) is 0 Å². The highest BCUT2D eigenvalue weighted by Gasteiger charge is 2.25. The van der Waals surface area contributed by atoms with Gasteiger partial charge in [0.15, 0.2) is 0 Å². The van der Waals surface area contributed by atoms with Crippen LogP contribution in [0.5, 0.6) is 5.75 Å². The maximum atomic E-state index is 5.78. The Hall–Kier alpha value is -1.02. The summed E-state index contributed by atoms with van der Waals surface area (Å²) in [6.07, 6.45) is 4.04. The lowest BCUT2D eigenvalue weighted by atomic mass is 9.79. The maximum Gasteiger partial charge on any atom is 0.119 e. The van der Waals surface area contributed by atoms with Crippen LogP contribution in [-0.4, -0.2) is 19.2 Å². The van der Waals surface area contributed by atoms with Gasteiger partial charge >= 0.3 is 0 Å². The molecule has 0 aromatic heterocycles. The van der Waals surface area contributed by atoms with E-state index in [1.807, 2.05) is 7.05 Å². The zero-order valence-electron chi connectivity index (χ0n) is 12.0. The highest BCUT2D eigenvalue weighted by Crippen LogP contribution is 2.31. The Bertz CT molecular complexity index is 379. The summed E-state index contributed by atoms with van der Waals surface area (Å²) < 4.78 is 5.78. The van der Waals surface area contributed by atoms with Gasteiger partial charge < -0.3 is 10.1 Å². The first-order valence-electron chi connectivity index (χ1n) is 6.96. The fourth-order valence-corrected chi connectivity index (χ4v) is 2.35.